The number of hydrogen-bond acceptors (Lipinski definition) is 3. The van der Waals surface area contributed by atoms with Gasteiger partial charge >= 0.3 is 0 Å². The Morgan fingerprint density at radius 3 is 2.57 bits per heavy atom. The molecular weight excluding hydrogens is 465 g/mol. The smallest absolute Gasteiger partial charge is 0.239 e. The zero-order valence-electron chi connectivity index (χ0n) is 18.9. The van der Waals surface area contributed by atoms with E-state index in [1.807, 2.05) is 30.5 Å². The molecule has 0 unspecified atom stereocenters. The molecule has 5 aromatic rings. The quantitative estimate of drug-likeness (QED) is 0.334. The molecule has 0 spiro atoms. The normalized spacial score (nSPS) is 11.8. The SMILES string of the molecule is O=C(Cn1cc(S(=O)(=O)Cc2cccc(F)c2)c2ccccc21)NCCc1c[nH]c2ccccc12. The van der Waals surface area contributed by atoms with Gasteiger partial charge in [0, 0.05) is 40.7 Å². The number of amides is 1. The highest BCUT2D eigenvalue weighted by molar-refractivity contribution is 7.90. The molecule has 8 heteroatoms. The second kappa shape index (κ2) is 9.38. The van der Waals surface area contributed by atoms with Crippen molar-refractivity contribution in [1.29, 1.82) is 0 Å². The van der Waals surface area contributed by atoms with Crippen molar-refractivity contribution in [3.63, 3.8) is 0 Å². The van der Waals surface area contributed by atoms with Gasteiger partial charge < -0.3 is 14.9 Å². The van der Waals surface area contributed by atoms with Crippen molar-refractivity contribution in [2.45, 2.75) is 23.6 Å². The van der Waals surface area contributed by atoms with Crippen LogP contribution < -0.4 is 5.32 Å². The third-order valence-electron chi connectivity index (χ3n) is 6.04. The number of aromatic nitrogens is 2. The molecule has 2 heterocycles. The van der Waals surface area contributed by atoms with Crippen LogP contribution >= 0.6 is 0 Å². The fraction of sp³-hybridized carbons (Fsp3) is 0.148. The number of nitrogens with zero attached hydrogens (tertiary/aromatic N) is 1. The lowest BCUT2D eigenvalue weighted by Crippen LogP contribution is -2.29. The van der Waals surface area contributed by atoms with Gasteiger partial charge in [0.25, 0.3) is 0 Å². The largest absolute Gasteiger partial charge is 0.361 e. The van der Waals surface area contributed by atoms with E-state index >= 15 is 0 Å². The summed E-state index contributed by atoms with van der Waals surface area (Å²) >= 11 is 0. The molecule has 178 valence electrons. The molecule has 3 aromatic carbocycles. The highest BCUT2D eigenvalue weighted by Crippen LogP contribution is 2.28. The Hall–Kier alpha value is -3.91. The molecule has 6 nitrogen and oxygen atoms in total. The number of para-hydroxylation sites is 2. The van der Waals surface area contributed by atoms with Crippen LogP contribution in [0.5, 0.6) is 0 Å². The van der Waals surface area contributed by atoms with Gasteiger partial charge in [-0.05, 0) is 41.8 Å². The molecule has 0 bridgehead atoms. The fourth-order valence-electron chi connectivity index (χ4n) is 4.40. The van der Waals surface area contributed by atoms with Gasteiger partial charge in [-0.2, -0.15) is 0 Å². The number of rotatable bonds is 8. The van der Waals surface area contributed by atoms with Crippen LogP contribution in [0.15, 0.2) is 90.1 Å². The lowest BCUT2D eigenvalue weighted by atomic mass is 10.1. The van der Waals surface area contributed by atoms with Crippen LogP contribution in [0.3, 0.4) is 0 Å². The minimum absolute atomic E-state index is 0.0100. The maximum Gasteiger partial charge on any atom is 0.239 e. The first-order chi connectivity index (χ1) is 16.9. The lowest BCUT2D eigenvalue weighted by molar-refractivity contribution is -0.121. The van der Waals surface area contributed by atoms with Crippen LogP contribution in [0, 0.1) is 5.82 Å². The third-order valence-corrected chi connectivity index (χ3v) is 7.75. The predicted molar refractivity (Wildman–Crippen MR) is 134 cm³/mol. The highest BCUT2D eigenvalue weighted by Gasteiger charge is 2.22. The molecule has 0 aliphatic heterocycles. The number of fused-ring (bicyclic) bond motifs is 2. The molecule has 2 aromatic heterocycles. The zero-order valence-corrected chi connectivity index (χ0v) is 19.7. The molecule has 0 radical (unpaired) electrons. The van der Waals surface area contributed by atoms with E-state index in [0.29, 0.717) is 29.4 Å². The number of halogens is 1. The Kier molecular flexibility index (Phi) is 6.13. The number of hydrogen-bond donors (Lipinski definition) is 2. The van der Waals surface area contributed by atoms with E-state index in [-0.39, 0.29) is 23.1 Å². The van der Waals surface area contributed by atoms with Crippen LogP contribution in [-0.4, -0.2) is 30.4 Å². The molecule has 0 saturated heterocycles. The van der Waals surface area contributed by atoms with Crippen molar-refractivity contribution in [3.8, 4) is 0 Å². The predicted octanol–water partition coefficient (Wildman–Crippen LogP) is 4.59. The van der Waals surface area contributed by atoms with Gasteiger partial charge in [0.15, 0.2) is 9.84 Å². The maximum absolute atomic E-state index is 13.6. The van der Waals surface area contributed by atoms with E-state index in [1.165, 1.54) is 24.4 Å². The molecule has 2 N–H and O–H groups in total. The van der Waals surface area contributed by atoms with Crippen molar-refractivity contribution in [3.05, 3.63) is 102 Å². The topological polar surface area (TPSA) is 84.0 Å². The van der Waals surface area contributed by atoms with Crippen LogP contribution in [0.2, 0.25) is 0 Å². The first kappa shape index (κ1) is 22.9. The average molecular weight is 490 g/mol. The second-order valence-electron chi connectivity index (χ2n) is 8.49. The highest BCUT2D eigenvalue weighted by atomic mass is 32.2. The average Bonchev–Trinajstić information content (AvgIpc) is 3.41. The van der Waals surface area contributed by atoms with Crippen molar-refractivity contribution < 1.29 is 17.6 Å². The van der Waals surface area contributed by atoms with Gasteiger partial charge in [0.1, 0.15) is 12.4 Å². The van der Waals surface area contributed by atoms with Crippen molar-refractivity contribution in [2.75, 3.05) is 6.54 Å². The number of H-pyrrole nitrogens is 1. The number of sulfone groups is 1. The van der Waals surface area contributed by atoms with Gasteiger partial charge in [0.2, 0.25) is 5.91 Å². The molecule has 0 fully saturated rings. The Balaban J connectivity index is 1.32. The van der Waals surface area contributed by atoms with Crippen LogP contribution in [0.25, 0.3) is 21.8 Å². The van der Waals surface area contributed by atoms with E-state index in [1.54, 1.807) is 34.9 Å². The lowest BCUT2D eigenvalue weighted by Gasteiger charge is -2.07. The van der Waals surface area contributed by atoms with Crippen molar-refractivity contribution in [2.24, 2.45) is 0 Å². The zero-order chi connectivity index (χ0) is 24.4. The molecule has 0 aliphatic carbocycles. The van der Waals surface area contributed by atoms with Gasteiger partial charge in [-0.3, -0.25) is 4.79 Å². The summed E-state index contributed by atoms with van der Waals surface area (Å²) in [5.41, 5.74) is 3.20. The van der Waals surface area contributed by atoms with Gasteiger partial charge in [-0.15, -0.1) is 0 Å². The summed E-state index contributed by atoms with van der Waals surface area (Å²) in [6.45, 7) is 0.453. The molecular formula is C27H24FN3O3S. The van der Waals surface area contributed by atoms with E-state index in [4.69, 9.17) is 0 Å². The number of carbonyl (C=O) groups is 1. The number of nitrogens with one attached hydrogen (secondary N) is 2. The van der Waals surface area contributed by atoms with E-state index in [9.17, 15) is 17.6 Å². The van der Waals surface area contributed by atoms with E-state index in [2.05, 4.69) is 10.3 Å². The standard InChI is InChI=1S/C27H24FN3O3S/c28-21-7-5-6-19(14-21)18-35(33,34)26-16-31(25-11-4-2-9-23(25)26)17-27(32)29-13-12-20-15-30-24-10-3-1-8-22(20)24/h1-11,14-16,30H,12-13,17-18H2,(H,29,32). The number of aromatic amines is 1. The maximum atomic E-state index is 13.6. The summed E-state index contributed by atoms with van der Waals surface area (Å²) < 4.78 is 41.6. The summed E-state index contributed by atoms with van der Waals surface area (Å²) in [6.07, 6.45) is 4.13. The monoisotopic (exact) mass is 489 g/mol. The van der Waals surface area contributed by atoms with E-state index < -0.39 is 15.7 Å². The third kappa shape index (κ3) is 4.83. The number of carbonyl (C=O) groups excluding carboxylic acids is 1. The Morgan fingerprint density at radius 1 is 0.971 bits per heavy atom. The Morgan fingerprint density at radius 2 is 1.74 bits per heavy atom. The Labute approximate surface area is 202 Å². The van der Waals surface area contributed by atoms with E-state index in [0.717, 1.165) is 16.5 Å². The molecule has 0 aliphatic rings. The second-order valence-corrected chi connectivity index (χ2v) is 10.4. The molecule has 1 amide bonds. The molecule has 5 rings (SSSR count). The summed E-state index contributed by atoms with van der Waals surface area (Å²) in [5, 5.41) is 4.60. The van der Waals surface area contributed by atoms with Crippen LogP contribution in [0.4, 0.5) is 4.39 Å². The summed E-state index contributed by atoms with van der Waals surface area (Å²) in [4.78, 5) is 16.1. The minimum Gasteiger partial charge on any atom is -0.361 e. The summed E-state index contributed by atoms with van der Waals surface area (Å²) in [6, 6.07) is 20.6. The molecule has 0 atom stereocenters. The fourth-order valence-corrected chi connectivity index (χ4v) is 5.97. The Bertz CT molecular complexity index is 1640. The van der Waals surface area contributed by atoms with Crippen LogP contribution in [0.1, 0.15) is 11.1 Å². The summed E-state index contributed by atoms with van der Waals surface area (Å²) in [7, 11) is -3.76. The summed E-state index contributed by atoms with van der Waals surface area (Å²) in [5.74, 6) is -1.01. The first-order valence-corrected chi connectivity index (χ1v) is 12.9. The molecule has 0 saturated carbocycles. The van der Waals surface area contributed by atoms with Crippen LogP contribution in [-0.2, 0) is 33.4 Å². The first-order valence-electron chi connectivity index (χ1n) is 11.3. The minimum atomic E-state index is -3.76. The van der Waals surface area contributed by atoms with Gasteiger partial charge in [-0.25, -0.2) is 12.8 Å². The van der Waals surface area contributed by atoms with Crippen molar-refractivity contribution in [1.82, 2.24) is 14.9 Å². The van der Waals surface area contributed by atoms with Crippen molar-refractivity contribution >= 4 is 37.6 Å². The van der Waals surface area contributed by atoms with Gasteiger partial charge in [0.05, 0.1) is 10.6 Å². The molecule has 35 heavy (non-hydrogen) atoms. The van der Waals surface area contributed by atoms with Gasteiger partial charge in [-0.1, -0.05) is 48.5 Å². The number of benzene rings is 3.